The molecule has 0 aliphatic carbocycles. The van der Waals surface area contributed by atoms with Crippen LogP contribution in [0.1, 0.15) is 78.6 Å². The summed E-state index contributed by atoms with van der Waals surface area (Å²) in [6.07, 6.45) is 12.4. The van der Waals surface area contributed by atoms with Gasteiger partial charge in [-0.2, -0.15) is 0 Å². The van der Waals surface area contributed by atoms with Gasteiger partial charge in [-0.1, -0.05) is 54.6 Å². The highest BCUT2D eigenvalue weighted by molar-refractivity contribution is 7.97. The highest BCUT2D eigenvalue weighted by Gasteiger charge is 2.30. The number of hydrogen-bond donors (Lipinski definition) is 0. The van der Waals surface area contributed by atoms with Crippen LogP contribution in [0.25, 0.3) is 32.3 Å². The molecular formula is C63H87O9S3+3. The van der Waals surface area contributed by atoms with Crippen LogP contribution in [-0.4, -0.2) is 134 Å². The summed E-state index contributed by atoms with van der Waals surface area (Å²) in [6.45, 7) is 15.4. The minimum atomic E-state index is 0.391. The summed E-state index contributed by atoms with van der Waals surface area (Å²) >= 11 is 0. The fraction of sp³-hybridized carbons (Fsp3) is 0.524. The normalized spacial score (nSPS) is 15.6. The molecule has 12 heteroatoms. The molecule has 3 heterocycles. The van der Waals surface area contributed by atoms with Crippen LogP contribution in [0.4, 0.5) is 0 Å². The second-order valence-electron chi connectivity index (χ2n) is 18.7. The topological polar surface area (TPSA) is 83.1 Å². The Morgan fingerprint density at radius 1 is 0.267 bits per heavy atom. The third-order valence-electron chi connectivity index (χ3n) is 13.5. The second kappa shape index (κ2) is 34.9. The molecule has 3 aliphatic heterocycles. The molecule has 3 saturated heterocycles. The van der Waals surface area contributed by atoms with Crippen LogP contribution in [0.5, 0.6) is 17.2 Å². The molecule has 9 nitrogen and oxygen atoms in total. The van der Waals surface area contributed by atoms with E-state index in [1.165, 1.54) is 139 Å². The lowest BCUT2D eigenvalue weighted by Gasteiger charge is -2.16. The van der Waals surface area contributed by atoms with Crippen molar-refractivity contribution in [1.82, 2.24) is 0 Å². The number of fused-ring (bicyclic) bond motifs is 3. The number of hydrogen-bond acceptors (Lipinski definition) is 9. The van der Waals surface area contributed by atoms with E-state index in [0.29, 0.717) is 112 Å². The Morgan fingerprint density at radius 3 is 0.787 bits per heavy atom. The van der Waals surface area contributed by atoms with E-state index in [2.05, 4.69) is 109 Å². The van der Waals surface area contributed by atoms with E-state index < -0.39 is 0 Å². The summed E-state index contributed by atoms with van der Waals surface area (Å²) in [5.41, 5.74) is 0. The Hall–Kier alpha value is -3.69. The maximum absolute atomic E-state index is 6.04. The first-order valence-electron chi connectivity index (χ1n) is 28.1. The molecule has 3 aliphatic rings. The lowest BCUT2D eigenvalue weighted by atomic mass is 10.1. The van der Waals surface area contributed by atoms with Crippen molar-refractivity contribution in [3.05, 3.63) is 109 Å². The molecule has 3 fully saturated rings. The number of benzene rings is 6. The molecule has 408 valence electrons. The van der Waals surface area contributed by atoms with Crippen LogP contribution >= 0.6 is 0 Å². The highest BCUT2D eigenvalue weighted by atomic mass is 32.2. The van der Waals surface area contributed by atoms with Crippen molar-refractivity contribution in [2.75, 3.05) is 134 Å². The van der Waals surface area contributed by atoms with Gasteiger partial charge in [0, 0.05) is 84.8 Å². The fourth-order valence-electron chi connectivity index (χ4n) is 9.74. The summed E-state index contributed by atoms with van der Waals surface area (Å²) in [4.78, 5) is 4.58. The smallest absolute Gasteiger partial charge is 0.162 e. The SMILES string of the molecule is CCOCCOCCOCCOc1ccc([S+]2CCCCC2)c2ccccc12.CCOCCOCCOc1ccc([S+]2CCCCC2)c2ccccc12.CCOCCOc1ccc([S+]2CCCCC2)c2ccccc12. The van der Waals surface area contributed by atoms with Crippen molar-refractivity contribution in [1.29, 1.82) is 0 Å². The van der Waals surface area contributed by atoms with Crippen LogP contribution < -0.4 is 14.2 Å². The molecule has 9 rings (SSSR count). The molecule has 0 radical (unpaired) electrons. The standard InChI is InChI=1S/C23H33O4S.C21H29O3S.C19H25O2S/c1-2-24-12-13-25-14-15-26-16-17-27-22-10-11-23(28-18-6-3-7-19-28)21-9-5-4-8-20(21)22;1-2-22-12-13-23-14-15-24-20-10-11-21(25-16-6-3-7-17-25)19-9-5-4-8-18(19)20;1-2-20-12-13-21-18-10-11-19(22-14-6-3-7-15-22)17-9-5-4-8-16(17)18/h4-5,8-11H,2-3,6-7,12-19H2,1H3;4-5,8-11H,2-3,6-7,12-17H2,1H3;4-5,8-11H,2-3,6-7,12-15H2,1H3/q3*+1. The maximum Gasteiger partial charge on any atom is 0.162 e. The molecule has 6 aromatic rings. The van der Waals surface area contributed by atoms with Crippen LogP contribution in [0.2, 0.25) is 0 Å². The largest absolute Gasteiger partial charge is 0.491 e. The molecule has 6 aromatic carbocycles. The minimum absolute atomic E-state index is 0.391. The fourth-order valence-corrected chi connectivity index (χ4v) is 17.2. The second-order valence-corrected chi connectivity index (χ2v) is 25.4. The van der Waals surface area contributed by atoms with Crippen LogP contribution in [0.3, 0.4) is 0 Å². The highest BCUT2D eigenvalue weighted by Crippen LogP contribution is 2.37. The van der Waals surface area contributed by atoms with E-state index in [4.69, 9.17) is 42.6 Å². The summed E-state index contributed by atoms with van der Waals surface area (Å²) in [7, 11) is 1.21. The minimum Gasteiger partial charge on any atom is -0.491 e. The monoisotopic (exact) mass is 1080 g/mol. The van der Waals surface area contributed by atoms with Gasteiger partial charge in [0.1, 0.15) is 71.6 Å². The maximum atomic E-state index is 6.04. The van der Waals surface area contributed by atoms with Gasteiger partial charge in [-0.05, 0) is 133 Å². The van der Waals surface area contributed by atoms with Gasteiger partial charge in [-0.15, -0.1) is 0 Å². The quantitative estimate of drug-likeness (QED) is 0.0370. The predicted molar refractivity (Wildman–Crippen MR) is 318 cm³/mol. The van der Waals surface area contributed by atoms with Gasteiger partial charge in [-0.25, -0.2) is 0 Å². The van der Waals surface area contributed by atoms with Gasteiger partial charge in [0.2, 0.25) is 0 Å². The summed E-state index contributed by atoms with van der Waals surface area (Å²) < 4.78 is 50.4. The molecule has 0 spiro atoms. The van der Waals surface area contributed by atoms with Crippen LogP contribution in [0, 0.1) is 0 Å². The lowest BCUT2D eigenvalue weighted by Crippen LogP contribution is -2.18. The molecule has 0 aromatic heterocycles. The Bertz CT molecular complexity index is 2510. The first-order valence-corrected chi connectivity index (χ1v) is 32.8. The lowest BCUT2D eigenvalue weighted by molar-refractivity contribution is 0.0115. The zero-order valence-electron chi connectivity index (χ0n) is 45.5. The van der Waals surface area contributed by atoms with E-state index in [0.717, 1.165) is 37.1 Å². The van der Waals surface area contributed by atoms with Crippen molar-refractivity contribution < 1.29 is 42.6 Å². The summed E-state index contributed by atoms with van der Waals surface area (Å²) in [5, 5.41) is 7.79. The van der Waals surface area contributed by atoms with Crippen molar-refractivity contribution in [2.24, 2.45) is 0 Å². The first kappa shape index (κ1) is 59.0. The van der Waals surface area contributed by atoms with Gasteiger partial charge in [0.25, 0.3) is 0 Å². The molecule has 0 amide bonds. The average Bonchev–Trinajstić information content (AvgIpc) is 3.48. The number of rotatable bonds is 27. The zero-order chi connectivity index (χ0) is 52.0. The molecule has 0 N–H and O–H groups in total. The van der Waals surface area contributed by atoms with Gasteiger partial charge in [0.15, 0.2) is 14.7 Å². The molecule has 0 bridgehead atoms. The Labute approximate surface area is 458 Å². The van der Waals surface area contributed by atoms with Gasteiger partial charge in [-0.3, -0.25) is 0 Å². The van der Waals surface area contributed by atoms with Crippen LogP contribution in [-0.2, 0) is 61.1 Å². The Morgan fingerprint density at radius 2 is 0.507 bits per heavy atom. The van der Waals surface area contributed by atoms with E-state index >= 15 is 0 Å². The van der Waals surface area contributed by atoms with Crippen molar-refractivity contribution in [3.8, 4) is 17.2 Å². The Balaban J connectivity index is 0.000000165. The molecule has 0 unspecified atom stereocenters. The molecular weight excluding hydrogens is 997 g/mol. The van der Waals surface area contributed by atoms with Crippen molar-refractivity contribution >= 4 is 65.0 Å². The van der Waals surface area contributed by atoms with E-state index in [1.807, 2.05) is 20.8 Å². The Kier molecular flexibility index (Phi) is 27.5. The molecule has 0 saturated carbocycles. The molecule has 0 atom stereocenters. The number of ether oxygens (including phenoxy) is 9. The predicted octanol–water partition coefficient (Wildman–Crippen LogP) is 13.3. The summed E-state index contributed by atoms with van der Waals surface area (Å²) in [5.74, 6) is 11.0. The summed E-state index contributed by atoms with van der Waals surface area (Å²) in [6, 6.07) is 39.3. The van der Waals surface area contributed by atoms with E-state index in [1.54, 1.807) is 0 Å². The van der Waals surface area contributed by atoms with E-state index in [9.17, 15) is 0 Å². The first-order chi connectivity index (χ1) is 37.2. The van der Waals surface area contributed by atoms with Crippen molar-refractivity contribution in [2.45, 2.75) is 93.2 Å². The van der Waals surface area contributed by atoms with Gasteiger partial charge < -0.3 is 42.6 Å². The van der Waals surface area contributed by atoms with Crippen LogP contribution in [0.15, 0.2) is 124 Å². The molecule has 75 heavy (non-hydrogen) atoms. The van der Waals surface area contributed by atoms with Crippen molar-refractivity contribution in [3.63, 3.8) is 0 Å². The average molecular weight is 1080 g/mol. The van der Waals surface area contributed by atoms with E-state index in [-0.39, 0.29) is 0 Å². The van der Waals surface area contributed by atoms with Gasteiger partial charge in [0.05, 0.1) is 59.5 Å². The third kappa shape index (κ3) is 19.0. The van der Waals surface area contributed by atoms with Gasteiger partial charge >= 0.3 is 0 Å². The zero-order valence-corrected chi connectivity index (χ0v) is 48.0. The third-order valence-corrected chi connectivity index (χ3v) is 21.1.